The lowest BCUT2D eigenvalue weighted by atomic mass is 10.1. The molecule has 12 nitrogen and oxygen atoms in total. The van der Waals surface area contributed by atoms with E-state index in [9.17, 15) is 19.2 Å². The Balaban J connectivity index is 0.000000305. The van der Waals surface area contributed by atoms with Gasteiger partial charge >= 0.3 is 24.1 Å². The Morgan fingerprint density at radius 1 is 0.746 bits per heavy atom. The molecule has 330 valence electrons. The van der Waals surface area contributed by atoms with Crippen LogP contribution in [0.5, 0.6) is 0 Å². The maximum Gasteiger partial charge on any atom is 0.410 e. The predicted molar refractivity (Wildman–Crippen MR) is 234 cm³/mol. The lowest BCUT2D eigenvalue weighted by Gasteiger charge is -2.24. The number of rotatable bonds is 10. The van der Waals surface area contributed by atoms with Crippen LogP contribution in [0.2, 0.25) is 0 Å². The van der Waals surface area contributed by atoms with Crippen molar-refractivity contribution < 1.29 is 38.1 Å². The van der Waals surface area contributed by atoms with E-state index in [0.717, 1.165) is 37.1 Å². The highest BCUT2D eigenvalue weighted by Gasteiger charge is 2.32. The number of nitrogens with zero attached hydrogens (tertiary/aromatic N) is 4. The SMILES string of the molecule is CC(C)(C)OC(=O)C[C@H]1CCN(C(=O)OC(C)(C)C)C1.CN(CCCCC(=O)OC(C)(C)C)C(=O)OC(C)(C)C.Cc1ccc2c(c1)nc(C)n2CCc1ccccc1. The van der Waals surface area contributed by atoms with E-state index in [-0.39, 0.29) is 30.0 Å². The maximum atomic E-state index is 11.9. The lowest BCUT2D eigenvalue weighted by Crippen LogP contribution is -2.35. The van der Waals surface area contributed by atoms with Crippen molar-refractivity contribution in [3.8, 4) is 0 Å². The number of amides is 2. The number of hydrogen-bond acceptors (Lipinski definition) is 9. The number of imidazole rings is 1. The molecule has 0 saturated carbocycles. The zero-order valence-electron chi connectivity index (χ0n) is 38.8. The molecule has 1 aromatic heterocycles. The molecule has 2 aromatic carbocycles. The zero-order chi connectivity index (χ0) is 44.8. The second kappa shape index (κ2) is 22.1. The second-order valence-corrected chi connectivity index (χ2v) is 19.4. The molecule has 2 amide bonds. The van der Waals surface area contributed by atoms with Crippen molar-refractivity contribution in [1.29, 1.82) is 0 Å². The third-order valence-corrected chi connectivity index (χ3v) is 8.62. The van der Waals surface area contributed by atoms with E-state index in [1.54, 1.807) is 11.9 Å². The molecule has 0 unspecified atom stereocenters. The van der Waals surface area contributed by atoms with Crippen molar-refractivity contribution in [2.45, 2.75) is 164 Å². The van der Waals surface area contributed by atoms with Gasteiger partial charge in [0.2, 0.25) is 0 Å². The monoisotopic (exact) mass is 823 g/mol. The van der Waals surface area contributed by atoms with Crippen LogP contribution in [0.3, 0.4) is 0 Å². The van der Waals surface area contributed by atoms with Gasteiger partial charge in [-0.05, 0) is 152 Å². The largest absolute Gasteiger partial charge is 0.460 e. The quantitative estimate of drug-likeness (QED) is 0.111. The number of aryl methyl sites for hydroxylation is 4. The second-order valence-electron chi connectivity index (χ2n) is 19.4. The number of benzene rings is 2. The Morgan fingerprint density at radius 3 is 1.90 bits per heavy atom. The molecule has 1 aliphatic rings. The van der Waals surface area contributed by atoms with E-state index in [0.29, 0.717) is 38.9 Å². The zero-order valence-corrected chi connectivity index (χ0v) is 38.8. The number of fused-ring (bicyclic) bond motifs is 1. The average Bonchev–Trinajstić information content (AvgIpc) is 3.66. The van der Waals surface area contributed by atoms with Gasteiger partial charge < -0.3 is 33.3 Å². The van der Waals surface area contributed by atoms with Crippen LogP contribution in [0.15, 0.2) is 48.5 Å². The topological polar surface area (TPSA) is 130 Å². The number of hydrogen-bond donors (Lipinski definition) is 0. The van der Waals surface area contributed by atoms with Gasteiger partial charge in [0, 0.05) is 39.6 Å². The van der Waals surface area contributed by atoms with Gasteiger partial charge in [0.05, 0.1) is 17.5 Å². The standard InChI is InChI=1S/C17H18N2.C15H27NO4.C15H29NO4/c1-13-8-9-17-16(12-13)18-14(2)19(17)11-10-15-6-4-3-5-7-15;1-14(2,3)19-12(17)9-11-7-8-16(10-11)13(18)20-15(4,5)6;1-14(2,3)19-12(17)10-8-9-11-16(7)13(18)20-15(4,5)6/h3-9,12H,10-11H2,1-2H3;11H,7-10H2,1-6H3;8-11H2,1-7H3/t;11-;/m.1./s1. The summed E-state index contributed by atoms with van der Waals surface area (Å²) in [5.41, 5.74) is 3.10. The molecule has 0 radical (unpaired) electrons. The molecular formula is C47H74N4O8. The van der Waals surface area contributed by atoms with Crippen LogP contribution in [-0.4, -0.2) is 92.6 Å². The minimum atomic E-state index is -0.486. The summed E-state index contributed by atoms with van der Waals surface area (Å²) in [5, 5.41) is 0. The van der Waals surface area contributed by atoms with Crippen LogP contribution >= 0.6 is 0 Å². The Hall–Kier alpha value is -4.61. The number of aromatic nitrogens is 2. The number of carbonyl (C=O) groups excluding carboxylic acids is 4. The van der Waals surface area contributed by atoms with E-state index in [2.05, 4.69) is 71.9 Å². The molecule has 1 fully saturated rings. The molecule has 4 rings (SSSR count). The van der Waals surface area contributed by atoms with E-state index in [1.165, 1.54) is 21.5 Å². The third-order valence-electron chi connectivity index (χ3n) is 8.62. The Bertz CT molecular complexity index is 1790. The molecule has 0 N–H and O–H groups in total. The highest BCUT2D eigenvalue weighted by Crippen LogP contribution is 2.24. The highest BCUT2D eigenvalue weighted by molar-refractivity contribution is 5.77. The van der Waals surface area contributed by atoms with Crippen LogP contribution in [0, 0.1) is 19.8 Å². The predicted octanol–water partition coefficient (Wildman–Crippen LogP) is 10.2. The van der Waals surface area contributed by atoms with Gasteiger partial charge in [-0.2, -0.15) is 0 Å². The first-order valence-corrected chi connectivity index (χ1v) is 20.9. The van der Waals surface area contributed by atoms with E-state index < -0.39 is 22.4 Å². The molecule has 0 bridgehead atoms. The molecule has 1 aliphatic heterocycles. The third kappa shape index (κ3) is 21.3. The Labute approximate surface area is 354 Å². The molecule has 0 spiro atoms. The summed E-state index contributed by atoms with van der Waals surface area (Å²) in [6.07, 6.45) is 3.39. The van der Waals surface area contributed by atoms with Crippen molar-refractivity contribution >= 4 is 35.2 Å². The van der Waals surface area contributed by atoms with Crippen molar-refractivity contribution in [3.05, 3.63) is 65.5 Å². The van der Waals surface area contributed by atoms with Gasteiger partial charge in [-0.3, -0.25) is 9.59 Å². The number of esters is 2. The molecule has 12 heteroatoms. The van der Waals surface area contributed by atoms with Crippen LogP contribution < -0.4 is 0 Å². The summed E-state index contributed by atoms with van der Waals surface area (Å²) in [4.78, 5) is 54.7. The van der Waals surface area contributed by atoms with E-state index >= 15 is 0 Å². The number of ether oxygens (including phenoxy) is 4. The fourth-order valence-corrected chi connectivity index (χ4v) is 6.08. The summed E-state index contributed by atoms with van der Waals surface area (Å²) in [5.74, 6) is 0.861. The summed E-state index contributed by atoms with van der Waals surface area (Å²) >= 11 is 0. The minimum Gasteiger partial charge on any atom is -0.460 e. The summed E-state index contributed by atoms with van der Waals surface area (Å²) < 4.78 is 23.4. The number of carbonyl (C=O) groups is 4. The van der Waals surface area contributed by atoms with Gasteiger partial charge in [0.1, 0.15) is 28.2 Å². The van der Waals surface area contributed by atoms with Gasteiger partial charge in [-0.1, -0.05) is 36.4 Å². The highest BCUT2D eigenvalue weighted by atomic mass is 16.6. The van der Waals surface area contributed by atoms with Crippen LogP contribution in [0.4, 0.5) is 9.59 Å². The molecule has 3 aromatic rings. The Kier molecular flexibility index (Phi) is 18.9. The van der Waals surface area contributed by atoms with E-state index in [1.807, 2.05) is 83.1 Å². The first-order chi connectivity index (χ1) is 27.1. The maximum absolute atomic E-state index is 11.9. The fourth-order valence-electron chi connectivity index (χ4n) is 6.08. The summed E-state index contributed by atoms with van der Waals surface area (Å²) in [7, 11) is 1.70. The first kappa shape index (κ1) is 50.5. The van der Waals surface area contributed by atoms with Crippen LogP contribution in [0.1, 0.15) is 132 Å². The fraction of sp³-hybridized carbons (Fsp3) is 0.638. The normalized spacial score (nSPS) is 14.4. The van der Waals surface area contributed by atoms with Gasteiger partial charge in [-0.15, -0.1) is 0 Å². The van der Waals surface area contributed by atoms with Crippen molar-refractivity contribution in [1.82, 2.24) is 19.4 Å². The van der Waals surface area contributed by atoms with Crippen LogP contribution in [0.25, 0.3) is 11.0 Å². The molecule has 1 atom stereocenters. The molecular weight excluding hydrogens is 749 g/mol. The van der Waals surface area contributed by atoms with Crippen molar-refractivity contribution in [2.24, 2.45) is 5.92 Å². The molecule has 1 saturated heterocycles. The summed E-state index contributed by atoms with van der Waals surface area (Å²) in [6, 6.07) is 17.1. The molecule has 0 aliphatic carbocycles. The first-order valence-electron chi connectivity index (χ1n) is 20.9. The number of likely N-dealkylation sites (tertiary alicyclic amines) is 1. The van der Waals surface area contributed by atoms with Gasteiger partial charge in [0.25, 0.3) is 0 Å². The van der Waals surface area contributed by atoms with Gasteiger partial charge in [-0.25, -0.2) is 14.6 Å². The molecule has 2 heterocycles. The van der Waals surface area contributed by atoms with Crippen LogP contribution in [-0.2, 0) is 41.5 Å². The van der Waals surface area contributed by atoms with Crippen molar-refractivity contribution in [3.63, 3.8) is 0 Å². The average molecular weight is 823 g/mol. The lowest BCUT2D eigenvalue weighted by molar-refractivity contribution is -0.156. The Morgan fingerprint density at radius 2 is 1.32 bits per heavy atom. The van der Waals surface area contributed by atoms with Crippen molar-refractivity contribution in [2.75, 3.05) is 26.7 Å². The van der Waals surface area contributed by atoms with E-state index in [4.69, 9.17) is 18.9 Å². The summed E-state index contributed by atoms with van der Waals surface area (Å²) in [6.45, 7) is 29.1. The minimum absolute atomic E-state index is 0.164. The smallest absolute Gasteiger partial charge is 0.410 e. The van der Waals surface area contributed by atoms with Gasteiger partial charge in [0.15, 0.2) is 0 Å². The molecule has 59 heavy (non-hydrogen) atoms. The number of unbranched alkanes of at least 4 members (excludes halogenated alkanes) is 1.